The number of non-ortho nitro benzene ring substituents is 1. The minimum Gasteiger partial charge on any atom is -0.444 e. The van der Waals surface area contributed by atoms with E-state index in [-0.39, 0.29) is 23.7 Å². The molecule has 27 heavy (non-hydrogen) atoms. The van der Waals surface area contributed by atoms with Gasteiger partial charge in [0.05, 0.1) is 9.82 Å². The zero-order valence-electron chi connectivity index (χ0n) is 15.8. The van der Waals surface area contributed by atoms with Crippen molar-refractivity contribution >= 4 is 21.8 Å². The molecule has 0 radical (unpaired) electrons. The van der Waals surface area contributed by atoms with Crippen LogP contribution in [0.4, 0.5) is 10.5 Å². The van der Waals surface area contributed by atoms with Crippen LogP contribution in [-0.4, -0.2) is 60.4 Å². The van der Waals surface area contributed by atoms with Crippen molar-refractivity contribution in [3.63, 3.8) is 0 Å². The zero-order valence-corrected chi connectivity index (χ0v) is 16.6. The second-order valence-electron chi connectivity index (χ2n) is 7.33. The molecule has 150 valence electrons. The van der Waals surface area contributed by atoms with Crippen molar-refractivity contribution in [1.82, 2.24) is 9.21 Å². The van der Waals surface area contributed by atoms with E-state index in [1.54, 1.807) is 20.8 Å². The van der Waals surface area contributed by atoms with Crippen molar-refractivity contribution < 1.29 is 22.9 Å². The molecule has 0 unspecified atom stereocenters. The first kappa shape index (κ1) is 21.1. The number of hydrogen-bond acceptors (Lipinski definition) is 6. The standard InChI is InChI=1S/C17H25N3O6S/c1-17(2,3)26-16(21)18-10-4-5-11-19(13-12-18)27(24,25)15-8-6-14(7-9-15)20(22)23/h6-9H,4-5,10-13H2,1-3H3. The van der Waals surface area contributed by atoms with Crippen LogP contribution in [0, 0.1) is 10.1 Å². The maximum absolute atomic E-state index is 12.9. The number of nitrogens with zero attached hydrogens (tertiary/aromatic N) is 3. The zero-order chi connectivity index (χ0) is 20.2. The molecule has 1 fully saturated rings. The Labute approximate surface area is 159 Å². The van der Waals surface area contributed by atoms with E-state index in [0.29, 0.717) is 25.9 Å². The highest BCUT2D eigenvalue weighted by molar-refractivity contribution is 7.89. The molecule has 1 amide bonds. The molecular weight excluding hydrogens is 374 g/mol. The lowest BCUT2D eigenvalue weighted by molar-refractivity contribution is -0.384. The molecule has 1 aromatic rings. The van der Waals surface area contributed by atoms with Gasteiger partial charge in [0.25, 0.3) is 5.69 Å². The molecule has 1 aromatic carbocycles. The lowest BCUT2D eigenvalue weighted by atomic mass is 10.2. The molecule has 1 saturated heterocycles. The Balaban J connectivity index is 2.13. The van der Waals surface area contributed by atoms with Gasteiger partial charge in [0.1, 0.15) is 5.60 Å². The van der Waals surface area contributed by atoms with Gasteiger partial charge in [0, 0.05) is 38.3 Å². The Kier molecular flexibility index (Phi) is 6.42. The number of ether oxygens (including phenoxy) is 1. The molecule has 0 spiro atoms. The first-order valence-corrected chi connectivity index (χ1v) is 10.2. The fourth-order valence-electron chi connectivity index (χ4n) is 2.68. The lowest BCUT2D eigenvalue weighted by Crippen LogP contribution is -2.45. The van der Waals surface area contributed by atoms with Crippen LogP contribution in [0.5, 0.6) is 0 Å². The van der Waals surface area contributed by atoms with Crippen LogP contribution in [0.25, 0.3) is 0 Å². The fourth-order valence-corrected chi connectivity index (χ4v) is 4.15. The molecule has 0 N–H and O–H groups in total. The maximum Gasteiger partial charge on any atom is 0.410 e. The van der Waals surface area contributed by atoms with Gasteiger partial charge >= 0.3 is 6.09 Å². The minimum atomic E-state index is -3.80. The molecule has 0 aromatic heterocycles. The van der Waals surface area contributed by atoms with E-state index >= 15 is 0 Å². The molecule has 0 saturated carbocycles. The molecule has 0 atom stereocenters. The highest BCUT2D eigenvalue weighted by Crippen LogP contribution is 2.21. The number of nitro benzene ring substituents is 1. The fraction of sp³-hybridized carbons (Fsp3) is 0.588. The summed E-state index contributed by atoms with van der Waals surface area (Å²) in [4.78, 5) is 24.0. The molecule has 10 heteroatoms. The van der Waals surface area contributed by atoms with Crippen molar-refractivity contribution in [2.75, 3.05) is 26.2 Å². The van der Waals surface area contributed by atoms with Gasteiger partial charge in [-0.3, -0.25) is 10.1 Å². The predicted octanol–water partition coefficient (Wildman–Crippen LogP) is 2.62. The van der Waals surface area contributed by atoms with Crippen molar-refractivity contribution in [1.29, 1.82) is 0 Å². The van der Waals surface area contributed by atoms with Crippen LogP contribution in [0.15, 0.2) is 29.2 Å². The first-order chi connectivity index (χ1) is 12.5. The Hall–Kier alpha value is -2.20. The van der Waals surface area contributed by atoms with Crippen molar-refractivity contribution in [3.8, 4) is 0 Å². The number of carbonyl (C=O) groups excluding carboxylic acids is 1. The number of amides is 1. The summed E-state index contributed by atoms with van der Waals surface area (Å²) in [5, 5.41) is 10.7. The topological polar surface area (TPSA) is 110 Å². The number of sulfonamides is 1. The number of benzene rings is 1. The van der Waals surface area contributed by atoms with Gasteiger partial charge in [-0.25, -0.2) is 13.2 Å². The monoisotopic (exact) mass is 399 g/mol. The van der Waals surface area contributed by atoms with Crippen molar-refractivity contribution in [3.05, 3.63) is 34.4 Å². The predicted molar refractivity (Wildman–Crippen MR) is 98.9 cm³/mol. The number of carbonyl (C=O) groups is 1. The summed E-state index contributed by atoms with van der Waals surface area (Å²) >= 11 is 0. The van der Waals surface area contributed by atoms with Gasteiger partial charge in [-0.2, -0.15) is 4.31 Å². The first-order valence-electron chi connectivity index (χ1n) is 8.73. The van der Waals surface area contributed by atoms with Crippen LogP contribution in [-0.2, 0) is 14.8 Å². The Morgan fingerprint density at radius 1 is 1.07 bits per heavy atom. The van der Waals surface area contributed by atoms with E-state index in [1.165, 1.54) is 33.5 Å². The van der Waals surface area contributed by atoms with Crippen LogP contribution in [0.1, 0.15) is 33.6 Å². The van der Waals surface area contributed by atoms with Gasteiger partial charge in [0.15, 0.2) is 0 Å². The summed E-state index contributed by atoms with van der Waals surface area (Å²) in [6.45, 7) is 6.54. The third-order valence-corrected chi connectivity index (χ3v) is 5.95. The Bertz CT molecular complexity index is 786. The number of nitro groups is 1. The number of rotatable bonds is 3. The van der Waals surface area contributed by atoms with E-state index in [9.17, 15) is 23.3 Å². The second-order valence-corrected chi connectivity index (χ2v) is 9.27. The van der Waals surface area contributed by atoms with Gasteiger partial charge in [-0.1, -0.05) is 0 Å². The maximum atomic E-state index is 12.9. The number of hydrogen-bond donors (Lipinski definition) is 0. The third-order valence-electron chi connectivity index (χ3n) is 4.04. The molecule has 1 heterocycles. The SMILES string of the molecule is CC(C)(C)OC(=O)N1CCCCN(S(=O)(=O)c2ccc([N+](=O)[O-])cc2)CC1. The van der Waals surface area contributed by atoms with Crippen LogP contribution >= 0.6 is 0 Å². The summed E-state index contributed by atoms with van der Waals surface area (Å²) in [7, 11) is -3.80. The Morgan fingerprint density at radius 3 is 2.22 bits per heavy atom. The van der Waals surface area contributed by atoms with E-state index < -0.39 is 26.6 Å². The lowest BCUT2D eigenvalue weighted by Gasteiger charge is -2.32. The highest BCUT2D eigenvalue weighted by Gasteiger charge is 2.29. The van der Waals surface area contributed by atoms with Crippen molar-refractivity contribution in [2.24, 2.45) is 0 Å². The van der Waals surface area contributed by atoms with Gasteiger partial charge in [-0.15, -0.1) is 0 Å². The van der Waals surface area contributed by atoms with Crippen molar-refractivity contribution in [2.45, 2.75) is 44.1 Å². The van der Waals surface area contributed by atoms with E-state index in [4.69, 9.17) is 4.74 Å². The van der Waals surface area contributed by atoms with Crippen LogP contribution in [0.2, 0.25) is 0 Å². The molecule has 1 aliphatic rings. The molecule has 0 aliphatic carbocycles. The normalized spacial score (nSPS) is 17.1. The third kappa shape index (κ3) is 5.64. The van der Waals surface area contributed by atoms with E-state index in [1.807, 2.05) is 0 Å². The highest BCUT2D eigenvalue weighted by atomic mass is 32.2. The molecular formula is C17H25N3O6S. The Morgan fingerprint density at radius 2 is 1.67 bits per heavy atom. The molecule has 9 nitrogen and oxygen atoms in total. The average molecular weight is 399 g/mol. The minimum absolute atomic E-state index is 0.00232. The molecule has 0 bridgehead atoms. The second kappa shape index (κ2) is 8.22. The summed E-state index contributed by atoms with van der Waals surface area (Å²) in [6.07, 6.45) is 0.800. The average Bonchev–Trinajstić information content (AvgIpc) is 2.52. The van der Waals surface area contributed by atoms with E-state index in [0.717, 1.165) is 0 Å². The van der Waals surface area contributed by atoms with Crippen LogP contribution in [0.3, 0.4) is 0 Å². The summed E-state index contributed by atoms with van der Waals surface area (Å²) < 4.78 is 32.4. The van der Waals surface area contributed by atoms with Gasteiger partial charge in [0.2, 0.25) is 10.0 Å². The summed E-state index contributed by atoms with van der Waals surface area (Å²) in [5.74, 6) is 0. The van der Waals surface area contributed by atoms with E-state index in [2.05, 4.69) is 0 Å². The smallest absolute Gasteiger partial charge is 0.410 e. The van der Waals surface area contributed by atoms with Crippen LogP contribution < -0.4 is 0 Å². The molecule has 2 rings (SSSR count). The van der Waals surface area contributed by atoms with Gasteiger partial charge < -0.3 is 9.64 Å². The largest absolute Gasteiger partial charge is 0.444 e. The summed E-state index contributed by atoms with van der Waals surface area (Å²) in [6, 6.07) is 4.81. The molecule has 1 aliphatic heterocycles. The quantitative estimate of drug-likeness (QED) is 0.571. The van der Waals surface area contributed by atoms with Gasteiger partial charge in [-0.05, 0) is 45.7 Å². The summed E-state index contributed by atoms with van der Waals surface area (Å²) in [5.41, 5.74) is -0.790.